The summed E-state index contributed by atoms with van der Waals surface area (Å²) < 4.78 is 15.4. The van der Waals surface area contributed by atoms with E-state index in [4.69, 9.17) is 25.8 Å². The Morgan fingerprint density at radius 3 is 2.68 bits per heavy atom. The largest absolute Gasteiger partial charge is 0.493 e. The standard InChI is InChI=1S/C13H18ClNO4/c1-4-19-12-10(14)7-9(8-11(12)18-3)13(16)15-5-6-17-2/h7-8H,4-6H2,1-3H3,(H,15,16). The fourth-order valence-electron chi connectivity index (χ4n) is 1.50. The maximum absolute atomic E-state index is 11.9. The summed E-state index contributed by atoms with van der Waals surface area (Å²) in [6, 6.07) is 3.15. The Morgan fingerprint density at radius 2 is 2.11 bits per heavy atom. The Kier molecular flexibility index (Phi) is 6.45. The van der Waals surface area contributed by atoms with Crippen molar-refractivity contribution in [3.05, 3.63) is 22.7 Å². The van der Waals surface area contributed by atoms with Crippen LogP contribution in [0.5, 0.6) is 11.5 Å². The lowest BCUT2D eigenvalue weighted by atomic mass is 10.2. The highest BCUT2D eigenvalue weighted by molar-refractivity contribution is 6.32. The van der Waals surface area contributed by atoms with Crippen molar-refractivity contribution in [3.8, 4) is 11.5 Å². The zero-order valence-corrected chi connectivity index (χ0v) is 12.0. The number of hydrogen-bond donors (Lipinski definition) is 1. The molecular weight excluding hydrogens is 270 g/mol. The predicted molar refractivity (Wildman–Crippen MR) is 73.4 cm³/mol. The van der Waals surface area contributed by atoms with E-state index in [9.17, 15) is 4.79 Å². The molecule has 0 saturated heterocycles. The molecule has 0 unspecified atom stereocenters. The molecule has 1 aromatic carbocycles. The van der Waals surface area contributed by atoms with Gasteiger partial charge in [0.05, 0.1) is 25.3 Å². The Bertz CT molecular complexity index is 437. The molecule has 19 heavy (non-hydrogen) atoms. The van der Waals surface area contributed by atoms with Crippen molar-refractivity contribution in [2.45, 2.75) is 6.92 Å². The molecule has 0 atom stereocenters. The lowest BCUT2D eigenvalue weighted by Crippen LogP contribution is -2.27. The molecule has 0 fully saturated rings. The number of nitrogens with one attached hydrogen (secondary N) is 1. The van der Waals surface area contributed by atoms with Crippen LogP contribution in [0.1, 0.15) is 17.3 Å². The quantitative estimate of drug-likeness (QED) is 0.781. The van der Waals surface area contributed by atoms with Crippen molar-refractivity contribution in [2.24, 2.45) is 0 Å². The van der Waals surface area contributed by atoms with Gasteiger partial charge < -0.3 is 19.5 Å². The second kappa shape index (κ2) is 7.86. The van der Waals surface area contributed by atoms with Crippen LogP contribution in [-0.2, 0) is 4.74 Å². The molecule has 0 aliphatic carbocycles. The number of ether oxygens (including phenoxy) is 3. The lowest BCUT2D eigenvalue weighted by Gasteiger charge is -2.13. The van der Waals surface area contributed by atoms with Crippen LogP contribution in [-0.4, -0.2) is 39.9 Å². The number of rotatable bonds is 7. The van der Waals surface area contributed by atoms with E-state index in [1.54, 1.807) is 19.2 Å². The van der Waals surface area contributed by atoms with E-state index in [2.05, 4.69) is 5.32 Å². The number of methoxy groups -OCH3 is 2. The third-order valence-electron chi connectivity index (χ3n) is 2.37. The van der Waals surface area contributed by atoms with Gasteiger partial charge in [-0.2, -0.15) is 0 Å². The molecule has 5 nitrogen and oxygen atoms in total. The first kappa shape index (κ1) is 15.6. The minimum Gasteiger partial charge on any atom is -0.493 e. The molecule has 0 radical (unpaired) electrons. The number of amides is 1. The van der Waals surface area contributed by atoms with Crippen LogP contribution in [0.2, 0.25) is 5.02 Å². The first-order chi connectivity index (χ1) is 9.13. The summed E-state index contributed by atoms with van der Waals surface area (Å²) in [5.41, 5.74) is 0.418. The molecule has 1 N–H and O–H groups in total. The molecule has 0 heterocycles. The fraction of sp³-hybridized carbons (Fsp3) is 0.462. The van der Waals surface area contributed by atoms with E-state index in [0.717, 1.165) is 0 Å². The maximum atomic E-state index is 11.9. The number of halogens is 1. The summed E-state index contributed by atoms with van der Waals surface area (Å²) >= 11 is 6.09. The van der Waals surface area contributed by atoms with Crippen molar-refractivity contribution in [2.75, 3.05) is 34.0 Å². The Labute approximate surface area is 117 Å². The third-order valence-corrected chi connectivity index (χ3v) is 2.65. The molecule has 0 aliphatic heterocycles. The van der Waals surface area contributed by atoms with Gasteiger partial charge in [-0.15, -0.1) is 0 Å². The molecule has 6 heteroatoms. The van der Waals surface area contributed by atoms with Crippen LogP contribution in [0.3, 0.4) is 0 Å². The van der Waals surface area contributed by atoms with Gasteiger partial charge in [0.1, 0.15) is 0 Å². The number of carbonyl (C=O) groups is 1. The van der Waals surface area contributed by atoms with Gasteiger partial charge in [0, 0.05) is 19.2 Å². The van der Waals surface area contributed by atoms with Crippen LogP contribution in [0.4, 0.5) is 0 Å². The zero-order chi connectivity index (χ0) is 14.3. The summed E-state index contributed by atoms with van der Waals surface area (Å²) in [7, 11) is 3.07. The summed E-state index contributed by atoms with van der Waals surface area (Å²) in [6.45, 7) is 3.20. The normalized spacial score (nSPS) is 10.1. The van der Waals surface area contributed by atoms with Crippen LogP contribution >= 0.6 is 11.6 Å². The molecule has 0 bridgehead atoms. The first-order valence-corrected chi connectivity index (χ1v) is 6.29. The topological polar surface area (TPSA) is 56.8 Å². The molecule has 0 aliphatic rings. The number of hydrogen-bond acceptors (Lipinski definition) is 4. The first-order valence-electron chi connectivity index (χ1n) is 5.91. The van der Waals surface area contributed by atoms with Gasteiger partial charge in [-0.25, -0.2) is 0 Å². The zero-order valence-electron chi connectivity index (χ0n) is 11.3. The molecule has 106 valence electrons. The van der Waals surface area contributed by atoms with Gasteiger partial charge in [-0.05, 0) is 19.1 Å². The van der Waals surface area contributed by atoms with E-state index in [1.807, 2.05) is 6.92 Å². The fourth-order valence-corrected chi connectivity index (χ4v) is 1.77. The Hall–Kier alpha value is -1.46. The van der Waals surface area contributed by atoms with Crippen LogP contribution < -0.4 is 14.8 Å². The predicted octanol–water partition coefficient (Wildman–Crippen LogP) is 2.12. The minimum absolute atomic E-state index is 0.236. The van der Waals surface area contributed by atoms with E-state index in [-0.39, 0.29) is 5.91 Å². The van der Waals surface area contributed by atoms with Crippen LogP contribution in [0.15, 0.2) is 12.1 Å². The SMILES string of the molecule is CCOc1c(Cl)cc(C(=O)NCCOC)cc1OC. The molecule has 0 spiro atoms. The van der Waals surface area contributed by atoms with E-state index >= 15 is 0 Å². The van der Waals surface area contributed by atoms with Crippen molar-refractivity contribution < 1.29 is 19.0 Å². The molecule has 1 amide bonds. The van der Waals surface area contributed by atoms with Crippen LogP contribution in [0, 0.1) is 0 Å². The van der Waals surface area contributed by atoms with E-state index in [1.165, 1.54) is 7.11 Å². The van der Waals surface area contributed by atoms with Gasteiger partial charge in [0.15, 0.2) is 11.5 Å². The molecule has 1 aromatic rings. The third kappa shape index (κ3) is 4.29. The van der Waals surface area contributed by atoms with Gasteiger partial charge in [-0.1, -0.05) is 11.6 Å². The van der Waals surface area contributed by atoms with Gasteiger partial charge in [0.2, 0.25) is 0 Å². The minimum atomic E-state index is -0.236. The van der Waals surface area contributed by atoms with Crippen molar-refractivity contribution in [3.63, 3.8) is 0 Å². The smallest absolute Gasteiger partial charge is 0.251 e. The number of carbonyl (C=O) groups excluding carboxylic acids is 1. The van der Waals surface area contributed by atoms with Crippen molar-refractivity contribution in [1.82, 2.24) is 5.32 Å². The summed E-state index contributed by atoms with van der Waals surface area (Å²) in [6.07, 6.45) is 0. The summed E-state index contributed by atoms with van der Waals surface area (Å²) in [4.78, 5) is 11.9. The molecule has 0 aromatic heterocycles. The van der Waals surface area contributed by atoms with Crippen LogP contribution in [0.25, 0.3) is 0 Å². The monoisotopic (exact) mass is 287 g/mol. The second-order valence-electron chi connectivity index (χ2n) is 3.67. The summed E-state index contributed by atoms with van der Waals surface area (Å²) in [5.74, 6) is 0.645. The maximum Gasteiger partial charge on any atom is 0.251 e. The van der Waals surface area contributed by atoms with Gasteiger partial charge in [-0.3, -0.25) is 4.79 Å². The lowest BCUT2D eigenvalue weighted by molar-refractivity contribution is 0.0936. The average Bonchev–Trinajstić information content (AvgIpc) is 2.41. The Morgan fingerprint density at radius 1 is 1.37 bits per heavy atom. The number of benzene rings is 1. The molecular formula is C13H18ClNO4. The van der Waals surface area contributed by atoms with Crippen molar-refractivity contribution in [1.29, 1.82) is 0 Å². The average molecular weight is 288 g/mol. The van der Waals surface area contributed by atoms with Gasteiger partial charge in [0.25, 0.3) is 5.91 Å². The Balaban J connectivity index is 2.91. The molecule has 0 saturated carbocycles. The van der Waals surface area contributed by atoms with Gasteiger partial charge >= 0.3 is 0 Å². The highest BCUT2D eigenvalue weighted by Crippen LogP contribution is 2.36. The van der Waals surface area contributed by atoms with Crippen molar-refractivity contribution >= 4 is 17.5 Å². The van der Waals surface area contributed by atoms with E-state index < -0.39 is 0 Å². The van der Waals surface area contributed by atoms with E-state index in [0.29, 0.717) is 41.8 Å². The highest BCUT2D eigenvalue weighted by atomic mass is 35.5. The molecule has 1 rings (SSSR count). The second-order valence-corrected chi connectivity index (χ2v) is 4.08. The summed E-state index contributed by atoms with van der Waals surface area (Å²) in [5, 5.41) is 3.06. The highest BCUT2D eigenvalue weighted by Gasteiger charge is 2.15.